The predicted octanol–water partition coefficient (Wildman–Crippen LogP) is -0.936. The zero-order valence-electron chi connectivity index (χ0n) is 11.5. The van der Waals surface area contributed by atoms with Gasteiger partial charge >= 0.3 is 0 Å². The zero-order valence-corrected chi connectivity index (χ0v) is 13.1. The first-order valence-corrected chi connectivity index (χ1v) is 9.36. The van der Waals surface area contributed by atoms with E-state index in [2.05, 4.69) is 15.1 Å². The molecule has 114 valence electrons. The highest BCUT2D eigenvalue weighted by molar-refractivity contribution is 7.91. The van der Waals surface area contributed by atoms with Crippen molar-refractivity contribution in [3.8, 4) is 0 Å². The summed E-state index contributed by atoms with van der Waals surface area (Å²) in [7, 11) is -2.90. The van der Waals surface area contributed by atoms with Crippen LogP contribution in [-0.2, 0) is 14.6 Å². The van der Waals surface area contributed by atoms with Crippen molar-refractivity contribution >= 4 is 27.2 Å². The molecule has 0 aromatic carbocycles. The molecule has 3 fully saturated rings. The summed E-state index contributed by atoms with van der Waals surface area (Å²) in [6.07, 6.45) is 1.01. The molecule has 20 heavy (non-hydrogen) atoms. The number of nitrogens with zero attached hydrogens (tertiary/aromatic N) is 2. The van der Waals surface area contributed by atoms with Crippen molar-refractivity contribution in [3.05, 3.63) is 0 Å². The average molecular weight is 319 g/mol. The van der Waals surface area contributed by atoms with Gasteiger partial charge in [0.25, 0.3) is 0 Å². The second-order valence-electron chi connectivity index (χ2n) is 5.70. The van der Waals surface area contributed by atoms with Crippen molar-refractivity contribution in [2.24, 2.45) is 0 Å². The zero-order chi connectivity index (χ0) is 14.2. The highest BCUT2D eigenvalue weighted by atomic mass is 32.2. The van der Waals surface area contributed by atoms with Crippen LogP contribution in [-0.4, -0.2) is 86.3 Å². The Kier molecular flexibility index (Phi) is 4.16. The van der Waals surface area contributed by atoms with Crippen LogP contribution in [0.2, 0.25) is 0 Å². The van der Waals surface area contributed by atoms with Crippen molar-refractivity contribution in [3.63, 3.8) is 0 Å². The van der Waals surface area contributed by atoms with E-state index in [9.17, 15) is 8.42 Å². The summed E-state index contributed by atoms with van der Waals surface area (Å²) in [6.45, 7) is 5.46. The molecular formula is C12H21N3O3S2. The Hall–Kier alpha value is -0.440. The fourth-order valence-corrected chi connectivity index (χ4v) is 5.52. The van der Waals surface area contributed by atoms with E-state index in [0.717, 1.165) is 50.9 Å². The maximum absolute atomic E-state index is 11.7. The summed E-state index contributed by atoms with van der Waals surface area (Å²) in [5, 5.41) is 3.87. The molecule has 0 bridgehead atoms. The topological polar surface area (TPSA) is 61.9 Å². The third-order valence-corrected chi connectivity index (χ3v) is 6.34. The number of rotatable bonds is 4. The van der Waals surface area contributed by atoms with Crippen molar-refractivity contribution in [1.82, 2.24) is 15.1 Å². The van der Waals surface area contributed by atoms with E-state index in [0.29, 0.717) is 0 Å². The molecule has 0 amide bonds. The molecule has 0 saturated carbocycles. The lowest BCUT2D eigenvalue weighted by molar-refractivity contribution is 0.0366. The molecule has 1 N–H and O–H groups in total. The molecule has 8 heteroatoms. The Morgan fingerprint density at radius 3 is 2.75 bits per heavy atom. The minimum absolute atomic E-state index is 0.00381. The van der Waals surface area contributed by atoms with Gasteiger partial charge in [-0.15, -0.1) is 0 Å². The predicted molar refractivity (Wildman–Crippen MR) is 80.5 cm³/mol. The van der Waals surface area contributed by atoms with Gasteiger partial charge < -0.3 is 15.0 Å². The lowest BCUT2D eigenvalue weighted by Crippen LogP contribution is -2.41. The minimum Gasteiger partial charge on any atom is -0.379 e. The Morgan fingerprint density at radius 2 is 2.00 bits per heavy atom. The van der Waals surface area contributed by atoms with Crippen LogP contribution in [0, 0.1) is 0 Å². The van der Waals surface area contributed by atoms with E-state index in [1.54, 1.807) is 0 Å². The van der Waals surface area contributed by atoms with E-state index in [-0.39, 0.29) is 23.6 Å². The molecule has 3 aliphatic heterocycles. The number of nitrogens with one attached hydrogen (secondary N) is 1. The second kappa shape index (κ2) is 5.75. The van der Waals surface area contributed by atoms with Crippen LogP contribution in [0.3, 0.4) is 0 Å². The number of morpholine rings is 1. The average Bonchev–Trinajstić information content (AvgIpc) is 2.83. The first-order valence-electron chi connectivity index (χ1n) is 7.13. The van der Waals surface area contributed by atoms with E-state index >= 15 is 0 Å². The van der Waals surface area contributed by atoms with Crippen LogP contribution in [0.1, 0.15) is 6.42 Å². The van der Waals surface area contributed by atoms with E-state index in [1.807, 2.05) is 0 Å². The van der Waals surface area contributed by atoms with Gasteiger partial charge in [-0.3, -0.25) is 4.90 Å². The fourth-order valence-electron chi connectivity index (χ4n) is 3.22. The largest absolute Gasteiger partial charge is 0.379 e. The first-order chi connectivity index (χ1) is 9.55. The maximum atomic E-state index is 11.7. The fraction of sp³-hybridized carbons (Fsp3) is 0.917. The molecule has 3 aliphatic rings. The van der Waals surface area contributed by atoms with Gasteiger partial charge in [-0.05, 0) is 18.6 Å². The number of hydrogen-bond donors (Lipinski definition) is 1. The smallest absolute Gasteiger partial charge is 0.169 e. The molecule has 2 atom stereocenters. The summed E-state index contributed by atoms with van der Waals surface area (Å²) >= 11 is 5.33. The van der Waals surface area contributed by atoms with Crippen LogP contribution >= 0.6 is 12.2 Å². The molecule has 0 aromatic rings. The van der Waals surface area contributed by atoms with Gasteiger partial charge in [-0.1, -0.05) is 0 Å². The standard InChI is InChI=1S/C12H21N3O3S2/c16-20(17)8-10-11(9-20)15(12(19)13-10)3-1-2-14-4-6-18-7-5-14/h10-11H,1-9H2,(H,13,19)/t10-,11-/m0/s1. The molecule has 0 aromatic heterocycles. The van der Waals surface area contributed by atoms with Gasteiger partial charge in [-0.2, -0.15) is 0 Å². The molecular weight excluding hydrogens is 298 g/mol. The lowest BCUT2D eigenvalue weighted by atomic mass is 10.2. The third kappa shape index (κ3) is 3.08. The Labute approximate surface area is 125 Å². The number of sulfone groups is 1. The Bertz CT molecular complexity index is 476. The van der Waals surface area contributed by atoms with Gasteiger partial charge in [0, 0.05) is 26.2 Å². The Balaban J connectivity index is 1.50. The number of fused-ring (bicyclic) bond motifs is 1. The highest BCUT2D eigenvalue weighted by Crippen LogP contribution is 2.24. The van der Waals surface area contributed by atoms with Crippen LogP contribution in [0.25, 0.3) is 0 Å². The molecule has 0 unspecified atom stereocenters. The van der Waals surface area contributed by atoms with Gasteiger partial charge in [-0.25, -0.2) is 8.42 Å². The van der Waals surface area contributed by atoms with Crippen LogP contribution in [0.4, 0.5) is 0 Å². The van der Waals surface area contributed by atoms with Crippen LogP contribution in [0.15, 0.2) is 0 Å². The maximum Gasteiger partial charge on any atom is 0.169 e. The first kappa shape index (κ1) is 14.5. The normalized spacial score (nSPS) is 33.2. The van der Waals surface area contributed by atoms with Gasteiger partial charge in [0.15, 0.2) is 14.9 Å². The summed E-state index contributed by atoms with van der Waals surface area (Å²) in [6, 6.07) is 0.0353. The molecule has 6 nitrogen and oxygen atoms in total. The quantitative estimate of drug-likeness (QED) is 0.671. The molecule has 3 heterocycles. The van der Waals surface area contributed by atoms with E-state index in [4.69, 9.17) is 17.0 Å². The summed E-state index contributed by atoms with van der Waals surface area (Å²) in [5.41, 5.74) is 0. The van der Waals surface area contributed by atoms with Crippen molar-refractivity contribution in [2.45, 2.75) is 18.5 Å². The summed E-state index contributed by atoms with van der Waals surface area (Å²) in [4.78, 5) is 4.46. The van der Waals surface area contributed by atoms with E-state index in [1.165, 1.54) is 0 Å². The third-order valence-electron chi connectivity index (χ3n) is 4.27. The Morgan fingerprint density at radius 1 is 1.25 bits per heavy atom. The van der Waals surface area contributed by atoms with E-state index < -0.39 is 9.84 Å². The van der Waals surface area contributed by atoms with Gasteiger partial charge in [0.05, 0.1) is 36.8 Å². The highest BCUT2D eigenvalue weighted by Gasteiger charge is 2.46. The molecule has 3 saturated heterocycles. The van der Waals surface area contributed by atoms with Gasteiger partial charge in [0.1, 0.15) is 0 Å². The second-order valence-corrected chi connectivity index (χ2v) is 8.24. The van der Waals surface area contributed by atoms with Crippen molar-refractivity contribution in [1.29, 1.82) is 0 Å². The number of thiocarbonyl (C=S) groups is 1. The van der Waals surface area contributed by atoms with Crippen molar-refractivity contribution in [2.75, 3.05) is 50.9 Å². The van der Waals surface area contributed by atoms with Crippen LogP contribution in [0.5, 0.6) is 0 Å². The SMILES string of the molecule is O=S1(=O)C[C@@H]2NC(=S)N(CCCN3CCOCC3)[C@H]2C1. The molecule has 0 radical (unpaired) electrons. The monoisotopic (exact) mass is 319 g/mol. The summed E-state index contributed by atoms with van der Waals surface area (Å²) < 4.78 is 28.7. The van der Waals surface area contributed by atoms with Gasteiger partial charge in [0.2, 0.25) is 0 Å². The lowest BCUT2D eigenvalue weighted by Gasteiger charge is -2.28. The summed E-state index contributed by atoms with van der Waals surface area (Å²) in [5.74, 6) is 0.458. The van der Waals surface area contributed by atoms with Crippen LogP contribution < -0.4 is 5.32 Å². The molecule has 0 spiro atoms. The molecule has 3 rings (SSSR count). The number of hydrogen-bond acceptors (Lipinski definition) is 5. The number of ether oxygens (including phenoxy) is 1. The van der Waals surface area contributed by atoms with Crippen molar-refractivity contribution < 1.29 is 13.2 Å². The molecule has 0 aliphatic carbocycles. The minimum atomic E-state index is -2.90.